The fraction of sp³-hybridized carbons (Fsp3) is 0.267. The summed E-state index contributed by atoms with van der Waals surface area (Å²) in [5, 5.41) is 0. The largest absolute Gasteiger partial charge is 0.469 e. The minimum Gasteiger partial charge on any atom is -0.469 e. The van der Waals surface area contributed by atoms with Crippen LogP contribution in [0.4, 0.5) is 0 Å². The highest BCUT2D eigenvalue weighted by molar-refractivity contribution is 5.81. The molecule has 0 aliphatic heterocycles. The molecule has 0 aliphatic carbocycles. The molecule has 0 saturated heterocycles. The van der Waals surface area contributed by atoms with Crippen LogP contribution in [-0.2, 0) is 17.6 Å². The normalized spacial score (nSPS) is 10.4. The average Bonchev–Trinajstić information content (AvgIpc) is 2.83. The lowest BCUT2D eigenvalue weighted by Gasteiger charge is -2.01. The predicted molar refractivity (Wildman–Crippen MR) is 66.9 cm³/mol. The van der Waals surface area contributed by atoms with E-state index in [2.05, 4.69) is 0 Å². The van der Waals surface area contributed by atoms with Crippen molar-refractivity contribution in [3.05, 3.63) is 59.5 Å². The van der Waals surface area contributed by atoms with Crippen molar-refractivity contribution in [2.24, 2.45) is 0 Å². The zero-order valence-electron chi connectivity index (χ0n) is 9.98. The third-order valence-corrected chi connectivity index (χ3v) is 2.75. The van der Waals surface area contributed by atoms with E-state index in [0.29, 0.717) is 19.3 Å². The molecular weight excluding hydrogens is 212 g/mol. The Balaban J connectivity index is 1.83. The second-order valence-corrected chi connectivity index (χ2v) is 4.28. The van der Waals surface area contributed by atoms with Crippen LogP contribution in [-0.4, -0.2) is 5.78 Å². The van der Waals surface area contributed by atoms with E-state index in [9.17, 15) is 4.79 Å². The summed E-state index contributed by atoms with van der Waals surface area (Å²) in [6, 6.07) is 11.9. The Kier molecular flexibility index (Phi) is 3.76. The molecule has 1 aromatic heterocycles. The number of hydrogen-bond donors (Lipinski definition) is 0. The molecular formula is C15H16O2. The standard InChI is InChI=1S/C15H16O2/c1-12-4-6-13(7-5-12)11-14(16)8-9-15-3-2-10-17-15/h2-7,10H,8-9,11H2,1H3. The van der Waals surface area contributed by atoms with Gasteiger partial charge in [0.1, 0.15) is 11.5 Å². The number of furan rings is 1. The zero-order chi connectivity index (χ0) is 12.1. The van der Waals surface area contributed by atoms with Crippen molar-refractivity contribution in [1.82, 2.24) is 0 Å². The van der Waals surface area contributed by atoms with Gasteiger partial charge in [-0.05, 0) is 24.6 Å². The van der Waals surface area contributed by atoms with Gasteiger partial charge in [-0.25, -0.2) is 0 Å². The Morgan fingerprint density at radius 1 is 1.18 bits per heavy atom. The van der Waals surface area contributed by atoms with Gasteiger partial charge in [-0.3, -0.25) is 4.79 Å². The highest BCUT2D eigenvalue weighted by Crippen LogP contribution is 2.08. The highest BCUT2D eigenvalue weighted by atomic mass is 16.3. The number of aryl methyl sites for hydroxylation is 2. The number of benzene rings is 1. The van der Waals surface area contributed by atoms with Crippen LogP contribution in [0.5, 0.6) is 0 Å². The van der Waals surface area contributed by atoms with Crippen LogP contribution >= 0.6 is 0 Å². The van der Waals surface area contributed by atoms with Gasteiger partial charge in [0, 0.05) is 19.3 Å². The van der Waals surface area contributed by atoms with E-state index in [1.807, 2.05) is 43.3 Å². The van der Waals surface area contributed by atoms with Crippen LogP contribution in [0, 0.1) is 6.92 Å². The van der Waals surface area contributed by atoms with E-state index in [-0.39, 0.29) is 5.78 Å². The maximum atomic E-state index is 11.8. The van der Waals surface area contributed by atoms with Crippen molar-refractivity contribution in [3.8, 4) is 0 Å². The summed E-state index contributed by atoms with van der Waals surface area (Å²) >= 11 is 0. The molecule has 2 aromatic rings. The summed E-state index contributed by atoms with van der Waals surface area (Å²) in [5.74, 6) is 1.13. The van der Waals surface area contributed by atoms with Gasteiger partial charge in [0.25, 0.3) is 0 Å². The molecule has 0 unspecified atom stereocenters. The molecule has 0 fully saturated rings. The quantitative estimate of drug-likeness (QED) is 0.785. The Hall–Kier alpha value is -1.83. The van der Waals surface area contributed by atoms with Gasteiger partial charge in [-0.15, -0.1) is 0 Å². The number of rotatable bonds is 5. The van der Waals surface area contributed by atoms with Crippen LogP contribution in [0.1, 0.15) is 23.3 Å². The smallest absolute Gasteiger partial charge is 0.137 e. The van der Waals surface area contributed by atoms with Gasteiger partial charge in [0.05, 0.1) is 6.26 Å². The molecule has 0 radical (unpaired) electrons. The Labute approximate surface area is 101 Å². The van der Waals surface area contributed by atoms with Crippen molar-refractivity contribution < 1.29 is 9.21 Å². The fourth-order valence-electron chi connectivity index (χ4n) is 1.74. The van der Waals surface area contributed by atoms with Gasteiger partial charge in [0.2, 0.25) is 0 Å². The Bertz CT molecular complexity index is 466. The van der Waals surface area contributed by atoms with E-state index in [4.69, 9.17) is 4.42 Å². The van der Waals surface area contributed by atoms with Crippen molar-refractivity contribution in [1.29, 1.82) is 0 Å². The van der Waals surface area contributed by atoms with Gasteiger partial charge < -0.3 is 4.42 Å². The van der Waals surface area contributed by atoms with Crippen LogP contribution in [0.15, 0.2) is 47.1 Å². The molecule has 0 aliphatic rings. The summed E-state index contributed by atoms with van der Waals surface area (Å²) in [6.07, 6.45) is 3.39. The SMILES string of the molecule is Cc1ccc(CC(=O)CCc2ccco2)cc1. The monoisotopic (exact) mass is 228 g/mol. The van der Waals surface area contributed by atoms with E-state index >= 15 is 0 Å². The minimum atomic E-state index is 0.255. The van der Waals surface area contributed by atoms with Crippen molar-refractivity contribution >= 4 is 5.78 Å². The first-order chi connectivity index (χ1) is 8.24. The molecule has 0 saturated carbocycles. The third-order valence-electron chi connectivity index (χ3n) is 2.75. The molecule has 2 nitrogen and oxygen atoms in total. The second kappa shape index (κ2) is 5.48. The van der Waals surface area contributed by atoms with Crippen molar-refractivity contribution in [3.63, 3.8) is 0 Å². The summed E-state index contributed by atoms with van der Waals surface area (Å²) in [6.45, 7) is 2.04. The van der Waals surface area contributed by atoms with Gasteiger partial charge in [-0.2, -0.15) is 0 Å². The molecule has 0 N–H and O–H groups in total. The average molecular weight is 228 g/mol. The first-order valence-corrected chi connectivity index (χ1v) is 5.83. The lowest BCUT2D eigenvalue weighted by Crippen LogP contribution is -2.03. The summed E-state index contributed by atoms with van der Waals surface area (Å²) in [7, 11) is 0. The topological polar surface area (TPSA) is 30.2 Å². The van der Waals surface area contributed by atoms with E-state index < -0.39 is 0 Å². The van der Waals surface area contributed by atoms with Crippen LogP contribution in [0.2, 0.25) is 0 Å². The number of Topliss-reactive ketones (excluding diaryl/α,β-unsaturated/α-hetero) is 1. The van der Waals surface area contributed by atoms with Crippen LogP contribution in [0.25, 0.3) is 0 Å². The fourth-order valence-corrected chi connectivity index (χ4v) is 1.74. The van der Waals surface area contributed by atoms with E-state index in [0.717, 1.165) is 11.3 Å². The Morgan fingerprint density at radius 2 is 1.94 bits per heavy atom. The summed E-state index contributed by atoms with van der Waals surface area (Å²) in [5.41, 5.74) is 2.30. The molecule has 1 heterocycles. The van der Waals surface area contributed by atoms with Crippen molar-refractivity contribution in [2.45, 2.75) is 26.2 Å². The van der Waals surface area contributed by atoms with E-state index in [1.54, 1.807) is 6.26 Å². The number of carbonyl (C=O) groups excluding carboxylic acids is 1. The molecule has 0 amide bonds. The summed E-state index contributed by atoms with van der Waals surface area (Å²) < 4.78 is 5.20. The van der Waals surface area contributed by atoms with Gasteiger partial charge in [-0.1, -0.05) is 29.8 Å². The zero-order valence-corrected chi connectivity index (χ0v) is 9.98. The summed E-state index contributed by atoms with van der Waals surface area (Å²) in [4.78, 5) is 11.8. The van der Waals surface area contributed by atoms with Crippen molar-refractivity contribution in [2.75, 3.05) is 0 Å². The molecule has 1 aromatic carbocycles. The number of hydrogen-bond acceptors (Lipinski definition) is 2. The van der Waals surface area contributed by atoms with Crippen LogP contribution in [0.3, 0.4) is 0 Å². The molecule has 2 heteroatoms. The maximum Gasteiger partial charge on any atom is 0.137 e. The van der Waals surface area contributed by atoms with Gasteiger partial charge >= 0.3 is 0 Å². The van der Waals surface area contributed by atoms with E-state index in [1.165, 1.54) is 5.56 Å². The molecule has 0 spiro atoms. The predicted octanol–water partition coefficient (Wildman–Crippen LogP) is 3.33. The maximum absolute atomic E-state index is 11.8. The van der Waals surface area contributed by atoms with Gasteiger partial charge in [0.15, 0.2) is 0 Å². The number of ketones is 1. The first kappa shape index (κ1) is 11.6. The second-order valence-electron chi connectivity index (χ2n) is 4.28. The molecule has 17 heavy (non-hydrogen) atoms. The molecule has 2 rings (SSSR count). The highest BCUT2D eigenvalue weighted by Gasteiger charge is 2.05. The lowest BCUT2D eigenvalue weighted by atomic mass is 10.0. The Morgan fingerprint density at radius 3 is 2.59 bits per heavy atom. The minimum absolute atomic E-state index is 0.255. The molecule has 0 atom stereocenters. The van der Waals surface area contributed by atoms with Crippen LogP contribution < -0.4 is 0 Å². The number of carbonyl (C=O) groups is 1. The molecule has 88 valence electrons. The molecule has 0 bridgehead atoms. The lowest BCUT2D eigenvalue weighted by molar-refractivity contribution is -0.118. The first-order valence-electron chi connectivity index (χ1n) is 5.83. The third kappa shape index (κ3) is 3.59.